The summed E-state index contributed by atoms with van der Waals surface area (Å²) in [4.78, 5) is 2.25. The second kappa shape index (κ2) is 11.5. The summed E-state index contributed by atoms with van der Waals surface area (Å²) >= 11 is 0. The van der Waals surface area contributed by atoms with Gasteiger partial charge in [0.05, 0.1) is 44.3 Å². The fourth-order valence-corrected chi connectivity index (χ4v) is 3.53. The van der Waals surface area contributed by atoms with E-state index in [1.807, 2.05) is 42.2 Å². The van der Waals surface area contributed by atoms with E-state index in [0.29, 0.717) is 19.8 Å². The molecule has 0 spiro atoms. The number of aliphatic hydroxyl groups excluding tert-OH is 1. The van der Waals surface area contributed by atoms with Crippen LogP contribution in [-0.2, 0) is 16.0 Å². The summed E-state index contributed by atoms with van der Waals surface area (Å²) in [6.07, 6.45) is 4.39. The van der Waals surface area contributed by atoms with Gasteiger partial charge in [-0.1, -0.05) is 37.3 Å². The first-order valence-corrected chi connectivity index (χ1v) is 9.81. The first-order valence-electron chi connectivity index (χ1n) is 9.81. The molecule has 1 N–H and O–H groups in total. The molecule has 6 nitrogen and oxygen atoms in total. The van der Waals surface area contributed by atoms with E-state index in [9.17, 15) is 5.11 Å². The number of ether oxygens (including phenoxy) is 2. The molecule has 1 aromatic heterocycles. The van der Waals surface area contributed by atoms with Gasteiger partial charge in [-0.2, -0.15) is 5.10 Å². The van der Waals surface area contributed by atoms with E-state index >= 15 is 0 Å². The average Bonchev–Trinajstić information content (AvgIpc) is 3.08. The third-order valence-electron chi connectivity index (χ3n) is 4.88. The monoisotopic (exact) mass is 409 g/mol. The Bertz CT molecular complexity index is 683. The summed E-state index contributed by atoms with van der Waals surface area (Å²) in [7, 11) is 0. The molecule has 156 valence electrons. The number of aryl methyl sites for hydroxylation is 1. The van der Waals surface area contributed by atoms with Gasteiger partial charge in [-0.3, -0.25) is 9.58 Å². The molecule has 0 saturated carbocycles. The third-order valence-corrected chi connectivity index (χ3v) is 4.88. The third kappa shape index (κ3) is 6.87. The Morgan fingerprint density at radius 1 is 1.32 bits per heavy atom. The van der Waals surface area contributed by atoms with Crippen LogP contribution in [0, 0.1) is 6.92 Å². The quantitative estimate of drug-likeness (QED) is 0.690. The van der Waals surface area contributed by atoms with Crippen molar-refractivity contribution in [2.75, 3.05) is 32.8 Å². The van der Waals surface area contributed by atoms with Crippen molar-refractivity contribution >= 4 is 12.4 Å². The van der Waals surface area contributed by atoms with Gasteiger partial charge in [0.2, 0.25) is 0 Å². The zero-order chi connectivity index (χ0) is 19.1. The number of benzene rings is 1. The van der Waals surface area contributed by atoms with Crippen molar-refractivity contribution < 1.29 is 14.6 Å². The maximum Gasteiger partial charge on any atom is 0.0900 e. The number of aromatic nitrogens is 2. The summed E-state index contributed by atoms with van der Waals surface area (Å²) in [6.45, 7) is 8.13. The molecule has 1 aromatic carbocycles. The van der Waals surface area contributed by atoms with Crippen LogP contribution in [0.2, 0.25) is 0 Å². The summed E-state index contributed by atoms with van der Waals surface area (Å²) < 4.78 is 13.8. The lowest BCUT2D eigenvalue weighted by Gasteiger charge is -2.34. The predicted octanol–water partition coefficient (Wildman–Crippen LogP) is 2.84. The second-order valence-electron chi connectivity index (χ2n) is 7.29. The van der Waals surface area contributed by atoms with Gasteiger partial charge >= 0.3 is 0 Å². The highest BCUT2D eigenvalue weighted by Gasteiger charge is 2.23. The number of hydrogen-bond donors (Lipinski definition) is 1. The summed E-state index contributed by atoms with van der Waals surface area (Å²) in [5.74, 6) is 0. The van der Waals surface area contributed by atoms with Gasteiger partial charge in [0.1, 0.15) is 0 Å². The Balaban J connectivity index is 0.00000280. The molecule has 28 heavy (non-hydrogen) atoms. The topological polar surface area (TPSA) is 59.8 Å². The van der Waals surface area contributed by atoms with Gasteiger partial charge in [0, 0.05) is 25.8 Å². The highest BCUT2D eigenvalue weighted by molar-refractivity contribution is 5.85. The second-order valence-corrected chi connectivity index (χ2v) is 7.29. The lowest BCUT2D eigenvalue weighted by molar-refractivity contribution is -0.0651. The van der Waals surface area contributed by atoms with Gasteiger partial charge in [-0.05, 0) is 24.5 Å². The number of halogens is 1. The van der Waals surface area contributed by atoms with Gasteiger partial charge < -0.3 is 14.6 Å². The van der Waals surface area contributed by atoms with Crippen LogP contribution >= 0.6 is 12.4 Å². The molecule has 7 heteroatoms. The Morgan fingerprint density at radius 2 is 2.11 bits per heavy atom. The van der Waals surface area contributed by atoms with Crippen molar-refractivity contribution in [3.63, 3.8) is 0 Å². The minimum atomic E-state index is -0.506. The fraction of sp³-hybridized carbons (Fsp3) is 0.571. The maximum absolute atomic E-state index is 10.4. The average molecular weight is 410 g/mol. The molecule has 1 saturated heterocycles. The summed E-state index contributed by atoms with van der Waals surface area (Å²) in [5, 5.41) is 14.8. The first kappa shape index (κ1) is 22.8. The van der Waals surface area contributed by atoms with E-state index in [2.05, 4.69) is 29.1 Å². The molecule has 0 amide bonds. The summed E-state index contributed by atoms with van der Waals surface area (Å²) in [5.41, 5.74) is 2.31. The molecule has 0 radical (unpaired) electrons. The van der Waals surface area contributed by atoms with Gasteiger partial charge in [-0.25, -0.2) is 0 Å². The van der Waals surface area contributed by atoms with E-state index in [0.717, 1.165) is 37.2 Å². The van der Waals surface area contributed by atoms with Crippen molar-refractivity contribution in [1.29, 1.82) is 0 Å². The molecular formula is C21H32ClN3O3. The van der Waals surface area contributed by atoms with Crippen LogP contribution in [0.25, 0.3) is 0 Å². The van der Waals surface area contributed by atoms with Gasteiger partial charge in [0.15, 0.2) is 0 Å². The van der Waals surface area contributed by atoms with Crippen LogP contribution in [0.4, 0.5) is 0 Å². The van der Waals surface area contributed by atoms with Crippen LogP contribution < -0.4 is 0 Å². The smallest absolute Gasteiger partial charge is 0.0900 e. The lowest BCUT2D eigenvalue weighted by Crippen LogP contribution is -2.47. The fourth-order valence-electron chi connectivity index (χ4n) is 3.53. The first-order chi connectivity index (χ1) is 13.1. The standard InChI is InChI=1S/C21H31N3O3.ClH/c1-3-21(18-7-5-4-6-8-18)27-16-19(25)13-23-9-10-26-20(14-23)15-24-12-17(2)11-22-24;/h4-8,11-12,19-21,25H,3,9-10,13-16H2,1-2H3;1H. The summed E-state index contributed by atoms with van der Waals surface area (Å²) in [6, 6.07) is 10.2. The molecular weight excluding hydrogens is 378 g/mol. The highest BCUT2D eigenvalue weighted by atomic mass is 35.5. The Morgan fingerprint density at radius 3 is 2.79 bits per heavy atom. The molecule has 1 aliphatic rings. The molecule has 1 aliphatic heterocycles. The zero-order valence-corrected chi connectivity index (χ0v) is 17.6. The number of β-amino-alcohol motifs (C(OH)–C–C–N with tert-alkyl or cyclic N) is 1. The zero-order valence-electron chi connectivity index (χ0n) is 16.7. The molecule has 2 heterocycles. The molecule has 0 aliphatic carbocycles. The minimum Gasteiger partial charge on any atom is -0.389 e. The molecule has 3 atom stereocenters. The van der Waals surface area contributed by atoms with Crippen LogP contribution in [0.3, 0.4) is 0 Å². The number of hydrogen-bond acceptors (Lipinski definition) is 5. The van der Waals surface area contributed by atoms with Gasteiger partial charge in [0.25, 0.3) is 0 Å². The van der Waals surface area contributed by atoms with Crippen LogP contribution in [0.15, 0.2) is 42.7 Å². The van der Waals surface area contributed by atoms with Crippen LogP contribution in [0.1, 0.15) is 30.6 Å². The van der Waals surface area contributed by atoms with Crippen molar-refractivity contribution in [3.8, 4) is 0 Å². The molecule has 3 unspecified atom stereocenters. The van der Waals surface area contributed by atoms with Crippen LogP contribution in [0.5, 0.6) is 0 Å². The molecule has 1 fully saturated rings. The van der Waals surface area contributed by atoms with Crippen molar-refractivity contribution in [2.24, 2.45) is 0 Å². The van der Waals surface area contributed by atoms with Gasteiger partial charge in [-0.15, -0.1) is 12.4 Å². The Hall–Kier alpha value is -1.44. The minimum absolute atomic E-state index is 0. The highest BCUT2D eigenvalue weighted by Crippen LogP contribution is 2.20. The SMILES string of the molecule is CCC(OCC(O)CN1CCOC(Cn2cc(C)cn2)C1)c1ccccc1.Cl. The maximum atomic E-state index is 10.4. The molecule has 0 bridgehead atoms. The number of rotatable bonds is 9. The predicted molar refractivity (Wildman–Crippen MR) is 112 cm³/mol. The largest absolute Gasteiger partial charge is 0.389 e. The van der Waals surface area contributed by atoms with Crippen molar-refractivity contribution in [1.82, 2.24) is 14.7 Å². The lowest BCUT2D eigenvalue weighted by atomic mass is 10.1. The van der Waals surface area contributed by atoms with E-state index in [4.69, 9.17) is 9.47 Å². The van der Waals surface area contributed by atoms with Crippen LogP contribution in [-0.4, -0.2) is 64.8 Å². The van der Waals surface area contributed by atoms with E-state index in [-0.39, 0.29) is 24.6 Å². The Kier molecular flexibility index (Phi) is 9.41. The number of morpholine rings is 1. The number of nitrogens with zero attached hydrogens (tertiary/aromatic N) is 3. The Labute approximate surface area is 173 Å². The normalized spacial score (nSPS) is 19.8. The number of aliphatic hydroxyl groups is 1. The molecule has 2 aromatic rings. The van der Waals surface area contributed by atoms with Crippen molar-refractivity contribution in [2.45, 2.75) is 45.1 Å². The molecule has 3 rings (SSSR count). The van der Waals surface area contributed by atoms with E-state index in [1.54, 1.807) is 0 Å². The van der Waals surface area contributed by atoms with E-state index < -0.39 is 6.10 Å². The van der Waals surface area contributed by atoms with Crippen molar-refractivity contribution in [3.05, 3.63) is 53.9 Å². The van der Waals surface area contributed by atoms with E-state index in [1.165, 1.54) is 0 Å².